The predicted molar refractivity (Wildman–Crippen MR) is 123 cm³/mol. The molecule has 0 radical (unpaired) electrons. The van der Waals surface area contributed by atoms with Gasteiger partial charge in [-0.15, -0.1) is 0 Å². The number of nitrogens with zero attached hydrogens (tertiary/aromatic N) is 3. The molecule has 0 bridgehead atoms. The Labute approximate surface area is 202 Å². The molecule has 2 aliphatic heterocycles. The van der Waals surface area contributed by atoms with Crippen LogP contribution in [-0.4, -0.2) is 94.5 Å². The maximum Gasteiger partial charge on any atom is 0.328 e. The summed E-state index contributed by atoms with van der Waals surface area (Å²) in [5.74, 6) is -2.44. The molecule has 180 valence electrons. The van der Waals surface area contributed by atoms with E-state index in [2.05, 4.69) is 4.90 Å². The van der Waals surface area contributed by atoms with E-state index in [0.717, 1.165) is 31.6 Å². The molecule has 1 aromatic carbocycles. The quantitative estimate of drug-likeness (QED) is 0.435. The van der Waals surface area contributed by atoms with Gasteiger partial charge in [-0.25, -0.2) is 9.59 Å². The normalized spacial score (nSPS) is 18.7. The van der Waals surface area contributed by atoms with Gasteiger partial charge in [-0.1, -0.05) is 29.3 Å². The first-order chi connectivity index (χ1) is 15.7. The molecule has 0 spiro atoms. The van der Waals surface area contributed by atoms with Crippen LogP contribution in [0.5, 0.6) is 0 Å². The number of hydrogen-bond donors (Lipinski definition) is 2. The molecule has 3 rings (SSSR count). The molecular weight excluding hydrogens is 473 g/mol. The zero-order valence-corrected chi connectivity index (χ0v) is 19.5. The Morgan fingerprint density at radius 1 is 0.970 bits per heavy atom. The lowest BCUT2D eigenvalue weighted by atomic mass is 10.1. The molecule has 33 heavy (non-hydrogen) atoms. The molecule has 0 aromatic heterocycles. The fraction of sp³-hybridized carbons (Fsp3) is 0.455. The van der Waals surface area contributed by atoms with E-state index >= 15 is 0 Å². The summed E-state index contributed by atoms with van der Waals surface area (Å²) < 4.78 is 0. The molecule has 1 atom stereocenters. The van der Waals surface area contributed by atoms with Crippen molar-refractivity contribution in [2.24, 2.45) is 0 Å². The number of amides is 2. The van der Waals surface area contributed by atoms with Crippen molar-refractivity contribution >= 4 is 47.5 Å². The lowest BCUT2D eigenvalue weighted by Crippen LogP contribution is -2.58. The third-order valence-electron chi connectivity index (χ3n) is 5.36. The van der Waals surface area contributed by atoms with Gasteiger partial charge in [0.05, 0.1) is 22.5 Å². The van der Waals surface area contributed by atoms with E-state index < -0.39 is 11.9 Å². The molecule has 2 heterocycles. The summed E-state index contributed by atoms with van der Waals surface area (Å²) in [4.78, 5) is 49.2. The van der Waals surface area contributed by atoms with Gasteiger partial charge in [0.2, 0.25) is 12.3 Å². The summed E-state index contributed by atoms with van der Waals surface area (Å²) in [6, 6.07) is 5.35. The van der Waals surface area contributed by atoms with E-state index in [4.69, 9.17) is 33.4 Å². The lowest BCUT2D eigenvalue weighted by molar-refractivity contribution is -0.138. The van der Waals surface area contributed by atoms with Crippen LogP contribution in [0.25, 0.3) is 0 Å². The maximum atomic E-state index is 12.9. The first kappa shape index (κ1) is 26.6. The van der Waals surface area contributed by atoms with Crippen molar-refractivity contribution in [3.8, 4) is 0 Å². The van der Waals surface area contributed by atoms with E-state index in [1.807, 2.05) is 11.0 Å². The zero-order chi connectivity index (χ0) is 24.4. The predicted octanol–water partition coefficient (Wildman–Crippen LogP) is 2.01. The summed E-state index contributed by atoms with van der Waals surface area (Å²) in [5.41, 5.74) is 0.858. The minimum atomic E-state index is -1.26. The highest BCUT2D eigenvalue weighted by Crippen LogP contribution is 2.23. The lowest BCUT2D eigenvalue weighted by Gasteiger charge is -2.41. The zero-order valence-electron chi connectivity index (χ0n) is 18.0. The molecule has 1 unspecified atom stereocenters. The molecule has 9 nitrogen and oxygen atoms in total. The van der Waals surface area contributed by atoms with Crippen LogP contribution in [0.1, 0.15) is 18.4 Å². The van der Waals surface area contributed by atoms with Gasteiger partial charge < -0.3 is 24.9 Å². The Hall–Kier alpha value is -2.62. The number of likely N-dealkylation sites (tertiary alicyclic amines) is 1. The van der Waals surface area contributed by atoms with E-state index in [1.54, 1.807) is 17.0 Å². The van der Waals surface area contributed by atoms with Gasteiger partial charge >= 0.3 is 11.9 Å². The highest BCUT2D eigenvalue weighted by molar-refractivity contribution is 6.42. The number of rotatable bonds is 7. The Bertz CT molecular complexity index is 873. The summed E-state index contributed by atoms with van der Waals surface area (Å²) in [7, 11) is 0. The number of halogens is 2. The summed E-state index contributed by atoms with van der Waals surface area (Å²) in [6.45, 7) is 4.76. The van der Waals surface area contributed by atoms with Crippen LogP contribution >= 0.6 is 23.2 Å². The molecule has 2 N–H and O–H groups in total. The second-order valence-corrected chi connectivity index (χ2v) is 8.60. The first-order valence-corrected chi connectivity index (χ1v) is 11.2. The molecule has 0 saturated carbocycles. The smallest absolute Gasteiger partial charge is 0.328 e. The topological polar surface area (TPSA) is 118 Å². The van der Waals surface area contributed by atoms with Crippen LogP contribution < -0.4 is 0 Å². The minimum Gasteiger partial charge on any atom is -0.478 e. The minimum absolute atomic E-state index is 0.0484. The van der Waals surface area contributed by atoms with Crippen molar-refractivity contribution < 1.29 is 29.4 Å². The van der Waals surface area contributed by atoms with Crippen molar-refractivity contribution in [3.05, 3.63) is 46.0 Å². The number of hydrogen-bond acceptors (Lipinski definition) is 5. The Balaban J connectivity index is 0.000000414. The fourth-order valence-electron chi connectivity index (χ4n) is 3.79. The standard InChI is InChI=1S/C18H23Cl2N3O2.C4H4O4/c19-16-4-3-14(9-17(16)20)10-18(25)23-8-7-22(13-24)12-15(23)11-21-5-1-2-6-21;5-3(6)1-2-4(7)8/h3-4,9,13,15H,1-2,5-8,10-12H2;1-2H,(H,5,6)(H,7,8)/b;2-1+. The van der Waals surface area contributed by atoms with Crippen LogP contribution in [-0.2, 0) is 25.6 Å². The van der Waals surface area contributed by atoms with Gasteiger partial charge in [-0.2, -0.15) is 0 Å². The third kappa shape index (κ3) is 9.03. The van der Waals surface area contributed by atoms with Crippen LogP contribution in [0.2, 0.25) is 10.0 Å². The van der Waals surface area contributed by atoms with Gasteiger partial charge in [0.1, 0.15) is 0 Å². The number of carbonyl (C=O) groups excluding carboxylic acids is 2. The van der Waals surface area contributed by atoms with Crippen LogP contribution in [0, 0.1) is 0 Å². The monoisotopic (exact) mass is 499 g/mol. The summed E-state index contributed by atoms with van der Waals surface area (Å²) in [5, 5.41) is 16.6. The molecule has 1 aromatic rings. The number of carbonyl (C=O) groups is 4. The van der Waals surface area contributed by atoms with E-state index in [9.17, 15) is 19.2 Å². The van der Waals surface area contributed by atoms with Crippen LogP contribution in [0.15, 0.2) is 30.4 Å². The number of aliphatic carboxylic acids is 2. The van der Waals surface area contributed by atoms with Crippen molar-refractivity contribution in [2.75, 3.05) is 39.3 Å². The van der Waals surface area contributed by atoms with Gasteiger partial charge in [0.25, 0.3) is 0 Å². The molecular formula is C22H27Cl2N3O6. The number of carboxylic acids is 2. The highest BCUT2D eigenvalue weighted by atomic mass is 35.5. The van der Waals surface area contributed by atoms with Crippen molar-refractivity contribution in [3.63, 3.8) is 0 Å². The Morgan fingerprint density at radius 3 is 2.15 bits per heavy atom. The van der Waals surface area contributed by atoms with Crippen molar-refractivity contribution in [2.45, 2.75) is 25.3 Å². The first-order valence-electron chi connectivity index (χ1n) is 10.5. The van der Waals surface area contributed by atoms with Crippen LogP contribution in [0.3, 0.4) is 0 Å². The highest BCUT2D eigenvalue weighted by Gasteiger charge is 2.31. The van der Waals surface area contributed by atoms with E-state index in [1.165, 1.54) is 12.8 Å². The van der Waals surface area contributed by atoms with Gasteiger partial charge in [-0.05, 0) is 43.6 Å². The molecule has 11 heteroatoms. The molecule has 2 fully saturated rings. The second-order valence-electron chi connectivity index (χ2n) is 7.78. The van der Waals surface area contributed by atoms with Gasteiger partial charge in [-0.3, -0.25) is 9.59 Å². The third-order valence-corrected chi connectivity index (χ3v) is 6.10. The van der Waals surface area contributed by atoms with Crippen molar-refractivity contribution in [1.82, 2.24) is 14.7 Å². The Morgan fingerprint density at radius 2 is 1.61 bits per heavy atom. The van der Waals surface area contributed by atoms with Gasteiger partial charge in [0, 0.05) is 38.3 Å². The molecule has 2 saturated heterocycles. The molecule has 2 aliphatic rings. The summed E-state index contributed by atoms with van der Waals surface area (Å²) >= 11 is 12.0. The number of piperazine rings is 1. The fourth-order valence-corrected chi connectivity index (χ4v) is 4.11. The van der Waals surface area contributed by atoms with Crippen LogP contribution in [0.4, 0.5) is 0 Å². The van der Waals surface area contributed by atoms with Crippen molar-refractivity contribution in [1.29, 1.82) is 0 Å². The van der Waals surface area contributed by atoms with Gasteiger partial charge in [0.15, 0.2) is 0 Å². The second kappa shape index (κ2) is 13.2. The maximum absolute atomic E-state index is 12.9. The van der Waals surface area contributed by atoms with E-state index in [0.29, 0.717) is 48.3 Å². The average molecular weight is 500 g/mol. The number of carboxylic acid groups (broad SMARTS) is 2. The average Bonchev–Trinajstić information content (AvgIpc) is 3.28. The Kier molecular flexibility index (Phi) is 10.6. The largest absolute Gasteiger partial charge is 0.478 e. The van der Waals surface area contributed by atoms with E-state index in [-0.39, 0.29) is 11.9 Å². The number of benzene rings is 1. The SMILES string of the molecule is O=C(O)/C=C/C(=O)O.O=CN1CCN(C(=O)Cc2ccc(Cl)c(Cl)c2)C(CN2CCCC2)C1. The molecule has 0 aliphatic carbocycles. The molecule has 2 amide bonds. The summed E-state index contributed by atoms with van der Waals surface area (Å²) in [6.07, 6.45) is 4.72.